The number of benzene rings is 10. The van der Waals surface area contributed by atoms with Crippen LogP contribution in [-0.2, 0) is 5.41 Å². The van der Waals surface area contributed by atoms with Crippen LogP contribution in [0.2, 0.25) is 0 Å². The Morgan fingerprint density at radius 2 is 0.844 bits per heavy atom. The molecule has 0 spiro atoms. The fourth-order valence-corrected chi connectivity index (χ4v) is 10.5. The third-order valence-corrected chi connectivity index (χ3v) is 13.4. The molecule has 0 aliphatic heterocycles. The topological polar surface area (TPSA) is 29.5 Å². The van der Waals surface area contributed by atoms with Gasteiger partial charge in [-0.3, -0.25) is 0 Å². The molecule has 2 heterocycles. The summed E-state index contributed by atoms with van der Waals surface area (Å²) < 4.78 is 13.7. The van der Waals surface area contributed by atoms with Gasteiger partial charge in [0, 0.05) is 32.9 Å². The van der Waals surface area contributed by atoms with Crippen molar-refractivity contribution in [2.24, 2.45) is 0 Å². The molecule has 64 heavy (non-hydrogen) atoms. The lowest BCUT2D eigenvalue weighted by atomic mass is 9.67. The number of anilines is 3. The number of furan rings is 2. The standard InChI is InChI=1S/C61H39NO2/c1-5-16-40(17-6-1)42-28-31-46(32-29-42)62(47-33-35-49-48-24-13-14-26-54(48)61(55(49)37-47,44-20-9-3-10-21-44)45-22-11-4-12-23-45)56-27-15-25-51-53-39-58-52(38-59(53)64-60(51)56)50-34-30-43(36-57(50)63-58)41-18-7-2-8-19-41/h1-39H. The summed E-state index contributed by atoms with van der Waals surface area (Å²) >= 11 is 0. The lowest BCUT2D eigenvalue weighted by molar-refractivity contribution is 0.664. The molecule has 0 unspecified atom stereocenters. The minimum atomic E-state index is -0.544. The lowest BCUT2D eigenvalue weighted by Crippen LogP contribution is -2.28. The van der Waals surface area contributed by atoms with E-state index in [2.05, 4.69) is 235 Å². The maximum atomic E-state index is 7.06. The van der Waals surface area contributed by atoms with Crippen molar-refractivity contribution in [1.29, 1.82) is 0 Å². The molecular formula is C61H39NO2. The molecule has 0 fully saturated rings. The van der Waals surface area contributed by atoms with Crippen LogP contribution >= 0.6 is 0 Å². The van der Waals surface area contributed by atoms with E-state index in [0.29, 0.717) is 0 Å². The van der Waals surface area contributed by atoms with Gasteiger partial charge in [0.2, 0.25) is 0 Å². The van der Waals surface area contributed by atoms with Crippen LogP contribution in [0, 0.1) is 0 Å². The van der Waals surface area contributed by atoms with E-state index < -0.39 is 5.41 Å². The number of fused-ring (bicyclic) bond motifs is 9. The maximum Gasteiger partial charge on any atom is 0.159 e. The van der Waals surface area contributed by atoms with E-state index in [9.17, 15) is 0 Å². The largest absolute Gasteiger partial charge is 0.456 e. The molecular weight excluding hydrogens is 779 g/mol. The summed E-state index contributed by atoms with van der Waals surface area (Å²) in [6, 6.07) is 85.1. The van der Waals surface area contributed by atoms with Crippen molar-refractivity contribution in [3.8, 4) is 33.4 Å². The lowest BCUT2D eigenvalue weighted by Gasteiger charge is -2.35. The van der Waals surface area contributed by atoms with Gasteiger partial charge in [-0.15, -0.1) is 0 Å². The van der Waals surface area contributed by atoms with Gasteiger partial charge in [-0.2, -0.15) is 0 Å². The minimum Gasteiger partial charge on any atom is -0.456 e. The third-order valence-electron chi connectivity index (χ3n) is 13.4. The van der Waals surface area contributed by atoms with Crippen LogP contribution in [0.4, 0.5) is 17.1 Å². The summed E-state index contributed by atoms with van der Waals surface area (Å²) in [6.07, 6.45) is 0. The molecule has 0 radical (unpaired) electrons. The van der Waals surface area contributed by atoms with Crippen LogP contribution in [0.1, 0.15) is 22.3 Å². The Morgan fingerprint density at radius 3 is 1.55 bits per heavy atom. The van der Waals surface area contributed by atoms with E-state index >= 15 is 0 Å². The molecule has 3 nitrogen and oxygen atoms in total. The van der Waals surface area contributed by atoms with Gasteiger partial charge < -0.3 is 13.7 Å². The normalized spacial score (nSPS) is 12.8. The van der Waals surface area contributed by atoms with Gasteiger partial charge in [0.05, 0.1) is 11.1 Å². The zero-order valence-corrected chi connectivity index (χ0v) is 34.8. The van der Waals surface area contributed by atoms with Gasteiger partial charge >= 0.3 is 0 Å². The first-order valence-corrected chi connectivity index (χ1v) is 21.9. The SMILES string of the molecule is c1ccc(-c2ccc(N(c3ccc4c(c3)C(c3ccccc3)(c3ccccc3)c3ccccc3-4)c3cccc4c3oc3cc5c(cc34)oc3cc(-c4ccccc4)ccc35)cc2)cc1. The molecule has 0 N–H and O–H groups in total. The van der Waals surface area contributed by atoms with Crippen molar-refractivity contribution >= 4 is 60.9 Å². The van der Waals surface area contributed by atoms with Gasteiger partial charge in [0.1, 0.15) is 16.7 Å². The zero-order chi connectivity index (χ0) is 42.2. The molecule has 1 aliphatic rings. The molecule has 12 aromatic rings. The monoisotopic (exact) mass is 817 g/mol. The van der Waals surface area contributed by atoms with Crippen LogP contribution in [0.3, 0.4) is 0 Å². The molecule has 0 amide bonds. The van der Waals surface area contributed by atoms with Crippen molar-refractivity contribution < 1.29 is 8.83 Å². The highest BCUT2D eigenvalue weighted by atomic mass is 16.3. The maximum absolute atomic E-state index is 7.06. The van der Waals surface area contributed by atoms with Gasteiger partial charge in [0.15, 0.2) is 5.58 Å². The van der Waals surface area contributed by atoms with Crippen molar-refractivity contribution in [1.82, 2.24) is 0 Å². The van der Waals surface area contributed by atoms with Crippen LogP contribution in [0.25, 0.3) is 77.3 Å². The van der Waals surface area contributed by atoms with Crippen molar-refractivity contribution in [3.63, 3.8) is 0 Å². The predicted octanol–water partition coefficient (Wildman–Crippen LogP) is 16.7. The van der Waals surface area contributed by atoms with Crippen molar-refractivity contribution in [2.75, 3.05) is 4.90 Å². The quantitative estimate of drug-likeness (QED) is 0.160. The second-order valence-electron chi connectivity index (χ2n) is 16.8. The molecule has 0 bridgehead atoms. The first kappa shape index (κ1) is 36.3. The molecule has 0 saturated carbocycles. The number of hydrogen-bond acceptors (Lipinski definition) is 3. The van der Waals surface area contributed by atoms with Crippen molar-refractivity contribution in [2.45, 2.75) is 5.41 Å². The summed E-state index contributed by atoms with van der Waals surface area (Å²) in [6.45, 7) is 0. The summed E-state index contributed by atoms with van der Waals surface area (Å²) in [7, 11) is 0. The van der Waals surface area contributed by atoms with Gasteiger partial charge in [-0.05, 0) is 110 Å². The Labute approximate surface area is 370 Å². The first-order valence-electron chi connectivity index (χ1n) is 21.9. The third kappa shape index (κ3) is 5.47. The molecule has 3 heteroatoms. The highest BCUT2D eigenvalue weighted by Crippen LogP contribution is 2.57. The van der Waals surface area contributed by atoms with Gasteiger partial charge in [-0.25, -0.2) is 0 Å². The number of hydrogen-bond donors (Lipinski definition) is 0. The Kier molecular flexibility index (Phi) is 8.13. The highest BCUT2D eigenvalue weighted by molar-refractivity contribution is 6.17. The first-order chi connectivity index (χ1) is 31.7. The minimum absolute atomic E-state index is 0.544. The summed E-state index contributed by atoms with van der Waals surface area (Å²) in [5.74, 6) is 0. The van der Waals surface area contributed by atoms with E-state index in [4.69, 9.17) is 8.83 Å². The summed E-state index contributed by atoms with van der Waals surface area (Å²) in [4.78, 5) is 2.37. The Bertz CT molecular complexity index is 3660. The molecule has 13 rings (SSSR count). The number of rotatable bonds is 7. The molecule has 10 aromatic carbocycles. The van der Waals surface area contributed by atoms with E-state index in [1.165, 1.54) is 38.9 Å². The van der Waals surface area contributed by atoms with Crippen LogP contribution in [-0.4, -0.2) is 0 Å². The Hall–Kier alpha value is -8.40. The Morgan fingerprint density at radius 1 is 0.312 bits per heavy atom. The van der Waals surface area contributed by atoms with Crippen LogP contribution < -0.4 is 4.90 Å². The molecule has 0 atom stereocenters. The van der Waals surface area contributed by atoms with Crippen molar-refractivity contribution in [3.05, 3.63) is 259 Å². The Balaban J connectivity index is 1.03. The van der Waals surface area contributed by atoms with Gasteiger partial charge in [0.25, 0.3) is 0 Å². The fourth-order valence-electron chi connectivity index (χ4n) is 10.5. The molecule has 2 aromatic heterocycles. The van der Waals surface area contributed by atoms with E-state index in [0.717, 1.165) is 77.6 Å². The second kappa shape index (κ2) is 14.3. The zero-order valence-electron chi connectivity index (χ0n) is 34.8. The van der Waals surface area contributed by atoms with E-state index in [1.54, 1.807) is 0 Å². The van der Waals surface area contributed by atoms with Gasteiger partial charge in [-0.1, -0.05) is 182 Å². The summed E-state index contributed by atoms with van der Waals surface area (Å²) in [5.41, 5.74) is 17.9. The molecule has 0 saturated heterocycles. The molecule has 300 valence electrons. The van der Waals surface area contributed by atoms with Crippen LogP contribution in [0.15, 0.2) is 245 Å². The number of nitrogens with zero attached hydrogens (tertiary/aromatic N) is 1. The van der Waals surface area contributed by atoms with E-state index in [1.807, 2.05) is 6.07 Å². The second-order valence-corrected chi connectivity index (χ2v) is 16.8. The fraction of sp³-hybridized carbons (Fsp3) is 0.0164. The molecule has 1 aliphatic carbocycles. The average Bonchev–Trinajstić information content (AvgIpc) is 4.02. The average molecular weight is 818 g/mol. The number of para-hydroxylation sites is 1. The van der Waals surface area contributed by atoms with Crippen LogP contribution in [0.5, 0.6) is 0 Å². The summed E-state index contributed by atoms with van der Waals surface area (Å²) in [5, 5.41) is 4.15. The van der Waals surface area contributed by atoms with E-state index in [-0.39, 0.29) is 0 Å². The highest BCUT2D eigenvalue weighted by Gasteiger charge is 2.46. The smallest absolute Gasteiger partial charge is 0.159 e. The predicted molar refractivity (Wildman–Crippen MR) is 264 cm³/mol.